The fourth-order valence-corrected chi connectivity index (χ4v) is 2.76. The summed E-state index contributed by atoms with van der Waals surface area (Å²) in [6.45, 7) is 2.93. The highest BCUT2D eigenvalue weighted by Gasteiger charge is 2.30. The van der Waals surface area contributed by atoms with Gasteiger partial charge < -0.3 is 15.5 Å². The Morgan fingerprint density at radius 1 is 1.24 bits per heavy atom. The van der Waals surface area contributed by atoms with Crippen LogP contribution in [0.3, 0.4) is 0 Å². The molecule has 2 atom stereocenters. The second-order valence-corrected chi connectivity index (χ2v) is 4.96. The van der Waals surface area contributed by atoms with Crippen LogP contribution in [0.2, 0.25) is 0 Å². The van der Waals surface area contributed by atoms with Gasteiger partial charge in [0.25, 0.3) is 0 Å². The minimum absolute atomic E-state index is 0.560. The number of fused-ring (bicyclic) bond motifs is 1. The van der Waals surface area contributed by atoms with E-state index in [1.807, 2.05) is 0 Å². The molecule has 0 aliphatic carbocycles. The van der Waals surface area contributed by atoms with Crippen molar-refractivity contribution in [2.45, 2.75) is 25.2 Å². The number of benzene rings is 1. The molecule has 0 amide bonds. The number of hydrogen-bond acceptors (Lipinski definition) is 4. The van der Waals surface area contributed by atoms with Crippen LogP contribution in [0.5, 0.6) is 0 Å². The lowest BCUT2D eigenvalue weighted by molar-refractivity contribution is 0.0572. The molecular formula is C13H18N2O2. The van der Waals surface area contributed by atoms with Gasteiger partial charge in [0, 0.05) is 31.9 Å². The van der Waals surface area contributed by atoms with Crippen molar-refractivity contribution in [3.8, 4) is 0 Å². The molecule has 4 heteroatoms. The zero-order valence-electron chi connectivity index (χ0n) is 9.76. The van der Waals surface area contributed by atoms with E-state index in [-0.39, 0.29) is 0 Å². The zero-order chi connectivity index (χ0) is 11.8. The molecule has 3 rings (SSSR count). The topological polar surface area (TPSA) is 55.7 Å². The molecule has 0 aromatic heterocycles. The number of β-amino-alcohol motifs (C(OH)–C–C–N with tert-alkyl or cyclic N) is 2. The summed E-state index contributed by atoms with van der Waals surface area (Å²) < 4.78 is 0. The van der Waals surface area contributed by atoms with Gasteiger partial charge in [-0.05, 0) is 17.5 Å². The molecule has 0 spiro atoms. The number of aliphatic hydroxyl groups excluding tert-OH is 2. The van der Waals surface area contributed by atoms with Gasteiger partial charge in [0.1, 0.15) is 0 Å². The lowest BCUT2D eigenvalue weighted by Gasteiger charge is -2.17. The highest BCUT2D eigenvalue weighted by atomic mass is 16.3. The second-order valence-electron chi connectivity index (χ2n) is 4.96. The standard InChI is InChI=1S/C13H18N2O2/c16-11-7-15(8-12(11)17)6-10-3-1-2-9-4-5-14-13(9)10/h1-3,11-12,14,16-17H,4-8H2. The van der Waals surface area contributed by atoms with Crippen molar-refractivity contribution >= 4 is 5.69 Å². The molecule has 4 nitrogen and oxygen atoms in total. The van der Waals surface area contributed by atoms with Gasteiger partial charge in [0.05, 0.1) is 12.2 Å². The highest BCUT2D eigenvalue weighted by molar-refractivity contribution is 5.61. The molecule has 1 saturated heterocycles. The monoisotopic (exact) mass is 234 g/mol. The summed E-state index contributed by atoms with van der Waals surface area (Å²) >= 11 is 0. The molecule has 2 heterocycles. The molecule has 2 aliphatic heterocycles. The maximum absolute atomic E-state index is 9.53. The SMILES string of the molecule is OC1CN(Cc2cccc3c2NCC3)CC1O. The maximum atomic E-state index is 9.53. The number of para-hydroxylation sites is 1. The smallest absolute Gasteiger partial charge is 0.0938 e. The van der Waals surface area contributed by atoms with Crippen LogP contribution >= 0.6 is 0 Å². The first-order valence-corrected chi connectivity index (χ1v) is 6.17. The summed E-state index contributed by atoms with van der Waals surface area (Å²) in [6.07, 6.45) is -0.103. The average Bonchev–Trinajstić information content (AvgIpc) is 2.87. The van der Waals surface area contributed by atoms with Crippen LogP contribution in [0, 0.1) is 0 Å². The van der Waals surface area contributed by atoms with Crippen LogP contribution in [-0.4, -0.2) is 47.0 Å². The van der Waals surface area contributed by atoms with Gasteiger partial charge in [-0.15, -0.1) is 0 Å². The Bertz CT molecular complexity index is 412. The summed E-state index contributed by atoms with van der Waals surface area (Å²) in [5.41, 5.74) is 3.90. The third-order valence-electron chi connectivity index (χ3n) is 3.66. The van der Waals surface area contributed by atoms with E-state index in [1.165, 1.54) is 16.8 Å². The van der Waals surface area contributed by atoms with Crippen molar-refractivity contribution in [2.75, 3.05) is 25.0 Å². The van der Waals surface area contributed by atoms with E-state index < -0.39 is 12.2 Å². The van der Waals surface area contributed by atoms with Crippen molar-refractivity contribution in [3.05, 3.63) is 29.3 Å². The number of rotatable bonds is 2. The fourth-order valence-electron chi connectivity index (χ4n) is 2.76. The lowest BCUT2D eigenvalue weighted by Crippen LogP contribution is -2.22. The number of nitrogens with zero attached hydrogens (tertiary/aromatic N) is 1. The van der Waals surface area contributed by atoms with E-state index in [4.69, 9.17) is 0 Å². The number of anilines is 1. The zero-order valence-corrected chi connectivity index (χ0v) is 9.76. The van der Waals surface area contributed by atoms with Crippen LogP contribution in [0.25, 0.3) is 0 Å². The largest absolute Gasteiger partial charge is 0.389 e. The van der Waals surface area contributed by atoms with Crippen molar-refractivity contribution in [1.82, 2.24) is 4.90 Å². The van der Waals surface area contributed by atoms with E-state index in [0.29, 0.717) is 13.1 Å². The van der Waals surface area contributed by atoms with Crippen LogP contribution in [0.4, 0.5) is 5.69 Å². The summed E-state index contributed by atoms with van der Waals surface area (Å²) in [4.78, 5) is 2.10. The molecule has 0 saturated carbocycles. The Balaban J connectivity index is 1.76. The quantitative estimate of drug-likeness (QED) is 0.684. The summed E-state index contributed by atoms with van der Waals surface area (Å²) in [7, 11) is 0. The highest BCUT2D eigenvalue weighted by Crippen LogP contribution is 2.28. The Morgan fingerprint density at radius 2 is 2.00 bits per heavy atom. The molecule has 1 fully saturated rings. The normalized spacial score (nSPS) is 28.1. The van der Waals surface area contributed by atoms with Gasteiger partial charge in [0.15, 0.2) is 0 Å². The molecular weight excluding hydrogens is 216 g/mol. The second kappa shape index (κ2) is 4.29. The predicted octanol–water partition coefficient (Wildman–Crippen LogP) is 0.192. The summed E-state index contributed by atoms with van der Waals surface area (Å²) in [5.74, 6) is 0. The minimum atomic E-state index is -0.597. The third kappa shape index (κ3) is 2.04. The van der Waals surface area contributed by atoms with Gasteiger partial charge >= 0.3 is 0 Å². The predicted molar refractivity (Wildman–Crippen MR) is 65.9 cm³/mol. The van der Waals surface area contributed by atoms with Crippen LogP contribution in [0.15, 0.2) is 18.2 Å². The van der Waals surface area contributed by atoms with E-state index >= 15 is 0 Å². The van der Waals surface area contributed by atoms with Crippen LogP contribution in [0.1, 0.15) is 11.1 Å². The van der Waals surface area contributed by atoms with Gasteiger partial charge in [-0.1, -0.05) is 18.2 Å². The number of hydrogen-bond donors (Lipinski definition) is 3. The molecule has 17 heavy (non-hydrogen) atoms. The van der Waals surface area contributed by atoms with Crippen molar-refractivity contribution < 1.29 is 10.2 Å². The lowest BCUT2D eigenvalue weighted by atomic mass is 10.1. The first-order chi connectivity index (χ1) is 8.24. The van der Waals surface area contributed by atoms with Crippen molar-refractivity contribution in [3.63, 3.8) is 0 Å². The summed E-state index contributed by atoms with van der Waals surface area (Å²) in [6, 6.07) is 6.37. The van der Waals surface area contributed by atoms with Crippen molar-refractivity contribution in [2.24, 2.45) is 0 Å². The molecule has 92 valence electrons. The van der Waals surface area contributed by atoms with Crippen molar-refractivity contribution in [1.29, 1.82) is 0 Å². The average molecular weight is 234 g/mol. The number of aliphatic hydroxyl groups is 2. The Kier molecular flexibility index (Phi) is 2.78. The summed E-state index contributed by atoms with van der Waals surface area (Å²) in [5, 5.41) is 22.5. The molecule has 0 radical (unpaired) electrons. The first-order valence-electron chi connectivity index (χ1n) is 6.17. The third-order valence-corrected chi connectivity index (χ3v) is 3.66. The Labute approximate surface area is 101 Å². The van der Waals surface area contributed by atoms with Crippen LogP contribution in [-0.2, 0) is 13.0 Å². The van der Waals surface area contributed by atoms with Gasteiger partial charge in [-0.25, -0.2) is 0 Å². The first kappa shape index (κ1) is 11.0. The molecule has 1 aromatic rings. The molecule has 2 unspecified atom stereocenters. The van der Waals surface area contributed by atoms with E-state index in [9.17, 15) is 10.2 Å². The van der Waals surface area contributed by atoms with E-state index in [0.717, 1.165) is 19.5 Å². The van der Waals surface area contributed by atoms with Gasteiger partial charge in [-0.3, -0.25) is 4.90 Å². The van der Waals surface area contributed by atoms with Gasteiger partial charge in [0.2, 0.25) is 0 Å². The minimum Gasteiger partial charge on any atom is -0.389 e. The Morgan fingerprint density at radius 3 is 2.76 bits per heavy atom. The van der Waals surface area contributed by atoms with E-state index in [2.05, 4.69) is 28.4 Å². The molecule has 2 aliphatic rings. The fraction of sp³-hybridized carbons (Fsp3) is 0.538. The molecule has 0 bridgehead atoms. The molecule has 1 aromatic carbocycles. The van der Waals surface area contributed by atoms with Gasteiger partial charge in [-0.2, -0.15) is 0 Å². The number of nitrogens with one attached hydrogen (secondary N) is 1. The van der Waals surface area contributed by atoms with Crippen LogP contribution < -0.4 is 5.32 Å². The maximum Gasteiger partial charge on any atom is 0.0938 e. The molecule has 3 N–H and O–H groups in total. The Hall–Kier alpha value is -1.10. The van der Waals surface area contributed by atoms with E-state index in [1.54, 1.807) is 0 Å². The number of likely N-dealkylation sites (tertiary alicyclic amines) is 1.